The number of carbonyl (C=O) groups excluding carboxylic acids is 2. The molecule has 0 saturated heterocycles. The molecule has 1 aliphatic heterocycles. The summed E-state index contributed by atoms with van der Waals surface area (Å²) in [6.07, 6.45) is 0.906. The van der Waals surface area contributed by atoms with Crippen molar-refractivity contribution in [2.24, 2.45) is 0 Å². The summed E-state index contributed by atoms with van der Waals surface area (Å²) in [5.74, 6) is 0.484. The number of benzene rings is 2. The summed E-state index contributed by atoms with van der Waals surface area (Å²) in [4.78, 5) is 24.3. The van der Waals surface area contributed by atoms with Gasteiger partial charge in [-0.15, -0.1) is 0 Å². The third-order valence-electron chi connectivity index (χ3n) is 4.14. The van der Waals surface area contributed by atoms with E-state index >= 15 is 0 Å². The summed E-state index contributed by atoms with van der Waals surface area (Å²) < 4.78 is 11.0. The lowest BCUT2D eigenvalue weighted by molar-refractivity contribution is -0.123. The third-order valence-corrected chi connectivity index (χ3v) is 4.42. The first-order chi connectivity index (χ1) is 13.1. The first kappa shape index (κ1) is 19.0. The molecular weight excluding hydrogens is 368 g/mol. The van der Waals surface area contributed by atoms with Crippen LogP contribution in [-0.2, 0) is 22.4 Å². The van der Waals surface area contributed by atoms with E-state index < -0.39 is 0 Å². The van der Waals surface area contributed by atoms with Crippen LogP contribution >= 0.6 is 11.6 Å². The van der Waals surface area contributed by atoms with Crippen LogP contribution < -0.4 is 20.1 Å². The number of hydrogen-bond donors (Lipinski definition) is 2. The molecule has 0 radical (unpaired) electrons. The zero-order chi connectivity index (χ0) is 19.2. The van der Waals surface area contributed by atoms with Crippen LogP contribution in [0.1, 0.15) is 18.1 Å². The van der Waals surface area contributed by atoms with Gasteiger partial charge in [-0.05, 0) is 35.7 Å². The Kier molecular flexibility index (Phi) is 6.19. The van der Waals surface area contributed by atoms with Crippen molar-refractivity contribution in [2.75, 3.05) is 25.1 Å². The number of aryl methyl sites for hydroxylation is 1. The van der Waals surface area contributed by atoms with Crippen LogP contribution in [0.25, 0.3) is 0 Å². The van der Waals surface area contributed by atoms with Crippen LogP contribution in [0.3, 0.4) is 0 Å². The van der Waals surface area contributed by atoms with Gasteiger partial charge in [0.05, 0.1) is 18.0 Å². The lowest BCUT2D eigenvalue weighted by Crippen LogP contribution is -2.34. The number of halogens is 1. The normalized spacial score (nSPS) is 12.4. The lowest BCUT2D eigenvalue weighted by Gasteiger charge is -2.20. The molecule has 6 nitrogen and oxygen atoms in total. The fourth-order valence-electron chi connectivity index (χ4n) is 2.84. The van der Waals surface area contributed by atoms with Crippen molar-refractivity contribution in [3.63, 3.8) is 0 Å². The molecule has 7 heteroatoms. The highest BCUT2D eigenvalue weighted by atomic mass is 35.5. The van der Waals surface area contributed by atoms with Crippen LogP contribution in [0.5, 0.6) is 11.5 Å². The smallest absolute Gasteiger partial charge is 0.243 e. The molecule has 2 aromatic rings. The molecule has 0 aromatic heterocycles. The van der Waals surface area contributed by atoms with Crippen LogP contribution in [0, 0.1) is 0 Å². The first-order valence-electron chi connectivity index (χ1n) is 8.79. The summed E-state index contributed by atoms with van der Waals surface area (Å²) >= 11 is 6.18. The van der Waals surface area contributed by atoms with E-state index in [9.17, 15) is 9.59 Å². The Morgan fingerprint density at radius 3 is 2.70 bits per heavy atom. The molecule has 0 spiro atoms. The molecule has 0 saturated carbocycles. The number of amides is 2. The molecule has 1 heterocycles. The maximum absolute atomic E-state index is 12.2. The van der Waals surface area contributed by atoms with Gasteiger partial charge in [-0.1, -0.05) is 36.7 Å². The topological polar surface area (TPSA) is 76.7 Å². The number of hydrogen-bond acceptors (Lipinski definition) is 4. The van der Waals surface area contributed by atoms with Gasteiger partial charge in [-0.2, -0.15) is 0 Å². The molecule has 0 bridgehead atoms. The Balaban J connectivity index is 1.54. The van der Waals surface area contributed by atoms with Crippen molar-refractivity contribution in [1.82, 2.24) is 5.32 Å². The van der Waals surface area contributed by atoms with Gasteiger partial charge >= 0.3 is 0 Å². The Labute approximate surface area is 162 Å². The Hall–Kier alpha value is -2.73. The monoisotopic (exact) mass is 388 g/mol. The molecule has 1 aliphatic rings. The van der Waals surface area contributed by atoms with Gasteiger partial charge in [-0.3, -0.25) is 9.59 Å². The van der Waals surface area contributed by atoms with E-state index in [1.165, 1.54) is 0 Å². The number of carbonyl (C=O) groups is 2. The minimum absolute atomic E-state index is 0.0924. The highest BCUT2D eigenvalue weighted by molar-refractivity contribution is 6.32. The van der Waals surface area contributed by atoms with Crippen molar-refractivity contribution in [3.05, 3.63) is 52.5 Å². The van der Waals surface area contributed by atoms with Crippen molar-refractivity contribution >= 4 is 29.1 Å². The maximum Gasteiger partial charge on any atom is 0.243 e. The molecule has 2 aromatic carbocycles. The van der Waals surface area contributed by atoms with Gasteiger partial charge in [0.15, 0.2) is 11.5 Å². The van der Waals surface area contributed by atoms with Crippen LogP contribution in [-0.4, -0.2) is 31.6 Å². The average molecular weight is 389 g/mol. The summed E-state index contributed by atoms with van der Waals surface area (Å²) in [6, 6.07) is 11.0. The Morgan fingerprint density at radius 1 is 1.11 bits per heavy atom. The third kappa shape index (κ3) is 4.92. The predicted octanol–water partition coefficient (Wildman–Crippen LogP) is 2.97. The molecule has 2 amide bonds. The minimum Gasteiger partial charge on any atom is -0.486 e. The fourth-order valence-corrected chi connectivity index (χ4v) is 3.13. The van der Waals surface area contributed by atoms with Crippen molar-refractivity contribution in [1.29, 1.82) is 0 Å². The molecule has 0 atom stereocenters. The summed E-state index contributed by atoms with van der Waals surface area (Å²) in [6.45, 7) is 2.81. The Morgan fingerprint density at radius 2 is 1.89 bits per heavy atom. The van der Waals surface area contributed by atoms with E-state index in [1.807, 2.05) is 31.2 Å². The van der Waals surface area contributed by atoms with Crippen LogP contribution in [0.2, 0.25) is 5.02 Å². The number of rotatable bonds is 6. The molecule has 142 valence electrons. The molecule has 0 unspecified atom stereocenters. The van der Waals surface area contributed by atoms with Gasteiger partial charge in [-0.25, -0.2) is 0 Å². The van der Waals surface area contributed by atoms with E-state index in [-0.39, 0.29) is 24.8 Å². The predicted molar refractivity (Wildman–Crippen MR) is 104 cm³/mol. The van der Waals surface area contributed by atoms with Gasteiger partial charge < -0.3 is 20.1 Å². The summed E-state index contributed by atoms with van der Waals surface area (Å²) in [7, 11) is 0. The van der Waals surface area contributed by atoms with Crippen LogP contribution in [0.15, 0.2) is 36.4 Å². The minimum atomic E-state index is -0.276. The van der Waals surface area contributed by atoms with E-state index in [4.69, 9.17) is 21.1 Å². The number of para-hydroxylation sites is 1. The molecule has 27 heavy (non-hydrogen) atoms. The zero-order valence-corrected chi connectivity index (χ0v) is 15.8. The maximum atomic E-state index is 12.2. The lowest BCUT2D eigenvalue weighted by atomic mass is 10.1. The van der Waals surface area contributed by atoms with Crippen LogP contribution in [0.4, 0.5) is 5.69 Å². The first-order valence-corrected chi connectivity index (χ1v) is 9.17. The molecular formula is C20H21ClN2O4. The van der Waals surface area contributed by atoms with Crippen molar-refractivity contribution in [2.45, 2.75) is 19.8 Å². The standard InChI is InChI=1S/C20H21ClN2O4/c1-2-14-5-3-4-6-16(14)23-19(25)12-22-18(24)11-13-9-15(21)20-17(10-13)26-7-8-27-20/h3-6,9-10H,2,7-8,11-12H2,1H3,(H,22,24)(H,23,25). The number of fused-ring (bicyclic) bond motifs is 1. The van der Waals surface area contributed by atoms with E-state index in [0.717, 1.165) is 17.7 Å². The summed E-state index contributed by atoms with van der Waals surface area (Å²) in [5.41, 5.74) is 2.50. The van der Waals surface area contributed by atoms with E-state index in [0.29, 0.717) is 35.3 Å². The SMILES string of the molecule is CCc1ccccc1NC(=O)CNC(=O)Cc1cc(Cl)c2c(c1)OCCO2. The Bertz CT molecular complexity index is 854. The van der Waals surface area contributed by atoms with Gasteiger partial charge in [0, 0.05) is 5.69 Å². The molecule has 3 rings (SSSR count). The molecule has 0 fully saturated rings. The highest BCUT2D eigenvalue weighted by Gasteiger charge is 2.18. The van der Waals surface area contributed by atoms with Gasteiger partial charge in [0.2, 0.25) is 11.8 Å². The second-order valence-corrected chi connectivity index (χ2v) is 6.52. The quantitative estimate of drug-likeness (QED) is 0.797. The molecule has 2 N–H and O–H groups in total. The number of anilines is 1. The van der Waals surface area contributed by atoms with E-state index in [2.05, 4.69) is 10.6 Å². The van der Waals surface area contributed by atoms with Crippen molar-refractivity contribution < 1.29 is 19.1 Å². The van der Waals surface area contributed by atoms with Gasteiger partial charge in [0.1, 0.15) is 13.2 Å². The summed E-state index contributed by atoms with van der Waals surface area (Å²) in [5, 5.41) is 5.85. The van der Waals surface area contributed by atoms with Crippen molar-refractivity contribution in [3.8, 4) is 11.5 Å². The molecule has 0 aliphatic carbocycles. The van der Waals surface area contributed by atoms with Gasteiger partial charge in [0.25, 0.3) is 0 Å². The number of ether oxygens (including phenoxy) is 2. The second kappa shape index (κ2) is 8.77. The highest BCUT2D eigenvalue weighted by Crippen LogP contribution is 2.38. The number of nitrogens with one attached hydrogen (secondary N) is 2. The second-order valence-electron chi connectivity index (χ2n) is 6.11. The van der Waals surface area contributed by atoms with E-state index in [1.54, 1.807) is 12.1 Å². The fraction of sp³-hybridized carbons (Fsp3) is 0.300. The zero-order valence-electron chi connectivity index (χ0n) is 15.0. The largest absolute Gasteiger partial charge is 0.486 e. The average Bonchev–Trinajstić information content (AvgIpc) is 2.67.